The van der Waals surface area contributed by atoms with E-state index in [0.717, 1.165) is 67.0 Å². The number of hydrogen-bond acceptors (Lipinski definition) is 12. The fraction of sp³-hybridized carbons (Fsp3) is 0.859. The third-order valence-electron chi connectivity index (χ3n) is 26.7. The molecule has 2 aromatic rings. The first-order valence-electron chi connectivity index (χ1n) is 45.8. The van der Waals surface area contributed by atoms with Crippen LogP contribution in [0.4, 0.5) is 11.4 Å². The van der Waals surface area contributed by atoms with Crippen molar-refractivity contribution in [2.24, 2.45) is 0 Å². The van der Waals surface area contributed by atoms with E-state index in [0.29, 0.717) is 23.2 Å². The Kier molecular flexibility index (Phi) is 64.8. The van der Waals surface area contributed by atoms with Gasteiger partial charge >= 0.3 is 0 Å². The predicted octanol–water partition coefficient (Wildman–Crippen LogP) is 10.2. The van der Waals surface area contributed by atoms with Gasteiger partial charge in [0.2, 0.25) is 16.0 Å². The second kappa shape index (κ2) is 64.5. The maximum atomic E-state index is 2.53. The molecule has 0 aromatic heterocycles. The first kappa shape index (κ1) is 109. The maximum Gasteiger partial charge on any atom is 0.217 e. The van der Waals surface area contributed by atoms with Crippen LogP contribution >= 0.6 is 0 Å². The van der Waals surface area contributed by atoms with E-state index in [-0.39, 0.29) is 0 Å². The zero-order valence-electron chi connectivity index (χ0n) is 80.2. The minimum Gasteiger partial charge on any atom is -0.424 e. The van der Waals surface area contributed by atoms with Gasteiger partial charge in [0, 0.05) is 29.0 Å². The Morgan fingerprint density at radius 2 is 0.697 bits per heavy atom. The third kappa shape index (κ3) is 52.0. The summed E-state index contributed by atoms with van der Waals surface area (Å²) in [6.45, 7) is 53.0. The van der Waals surface area contributed by atoms with Crippen molar-refractivity contribution in [3.8, 4) is 0 Å². The lowest BCUT2D eigenvalue weighted by atomic mass is 9.77. The lowest BCUT2D eigenvalue weighted by molar-refractivity contribution is 0.0577. The Balaban J connectivity index is 0. The average molecular weight is 1510 g/mol. The van der Waals surface area contributed by atoms with Crippen LogP contribution in [-0.2, 0) is 0 Å². The van der Waals surface area contributed by atoms with Crippen molar-refractivity contribution in [3.63, 3.8) is 0 Å². The van der Waals surface area contributed by atoms with Crippen molar-refractivity contribution in [2.45, 2.75) is 421 Å². The lowest BCUT2D eigenvalue weighted by Crippen LogP contribution is -2.57. The molecule has 622 valence electrons. The van der Waals surface area contributed by atoms with Crippen LogP contribution in [0.3, 0.4) is 0 Å². The molecule has 12 nitrogen and oxygen atoms in total. The summed E-state index contributed by atoms with van der Waals surface area (Å²) in [5.41, 5.74) is 3.34. The van der Waals surface area contributed by atoms with E-state index in [1.165, 1.54) is 243 Å². The molecule has 5 aliphatic heterocycles. The molecular formula is C85H186B12N12. The lowest BCUT2D eigenvalue weighted by Gasteiger charge is -2.51. The van der Waals surface area contributed by atoms with Crippen LogP contribution in [0.2, 0.25) is 0 Å². The van der Waals surface area contributed by atoms with E-state index >= 15 is 0 Å². The Morgan fingerprint density at radius 3 is 0.927 bits per heavy atom. The molecule has 3 saturated carbocycles. The second-order valence-electron chi connectivity index (χ2n) is 37.3. The van der Waals surface area contributed by atoms with Gasteiger partial charge in [-0.1, -0.05) is 217 Å². The summed E-state index contributed by atoms with van der Waals surface area (Å²) in [5.74, 6) is 0. The maximum absolute atomic E-state index is 2.53. The predicted molar refractivity (Wildman–Crippen MR) is 527 cm³/mol. The van der Waals surface area contributed by atoms with E-state index in [9.17, 15) is 0 Å². The Hall–Kier alpha value is -1.58. The van der Waals surface area contributed by atoms with Crippen molar-refractivity contribution >= 4 is 107 Å². The normalized spacial score (nSPS) is 22.6. The van der Waals surface area contributed by atoms with Gasteiger partial charge in [-0.2, -0.15) is 0 Å². The van der Waals surface area contributed by atoms with Crippen molar-refractivity contribution in [3.05, 3.63) is 60.7 Å². The quantitative estimate of drug-likeness (QED) is 0.169. The minimum atomic E-state index is 0.405. The van der Waals surface area contributed by atoms with Gasteiger partial charge in [-0.15, -0.1) is 0 Å². The highest BCUT2D eigenvalue weighted by molar-refractivity contribution is 6.18. The van der Waals surface area contributed by atoms with Gasteiger partial charge in [0.25, 0.3) is 0 Å². The van der Waals surface area contributed by atoms with Crippen LogP contribution in [0.15, 0.2) is 60.7 Å². The summed E-state index contributed by atoms with van der Waals surface area (Å²) >= 11 is 0. The molecule has 0 N–H and O–H groups in total. The molecule has 24 heteroatoms. The molecule has 8 fully saturated rings. The summed E-state index contributed by atoms with van der Waals surface area (Å²) in [5, 5.41) is 0. The van der Waals surface area contributed by atoms with Crippen LogP contribution in [0.25, 0.3) is 0 Å². The molecule has 10 rings (SSSR count). The van der Waals surface area contributed by atoms with Gasteiger partial charge in [-0.3, -0.25) is 0 Å². The van der Waals surface area contributed by atoms with Crippen molar-refractivity contribution in [1.29, 1.82) is 0 Å². The molecule has 5 heterocycles. The zero-order chi connectivity index (χ0) is 83.2. The number of nitrogens with zero attached hydrogens (tertiary/aromatic N) is 12. The first-order valence-corrected chi connectivity index (χ1v) is 45.8. The molecule has 0 bridgehead atoms. The van der Waals surface area contributed by atoms with Crippen LogP contribution in [0, 0.1) is 0 Å². The Morgan fingerprint density at radius 1 is 0.376 bits per heavy atom. The molecule has 0 spiro atoms. The number of piperidine rings is 4. The molecule has 0 amide bonds. The van der Waals surface area contributed by atoms with Crippen LogP contribution in [0.5, 0.6) is 0 Å². The second-order valence-corrected chi connectivity index (χ2v) is 37.3. The smallest absolute Gasteiger partial charge is 0.217 e. The van der Waals surface area contributed by atoms with Gasteiger partial charge in [0.05, 0.1) is 0 Å². The van der Waals surface area contributed by atoms with E-state index in [1.54, 1.807) is 0 Å². The summed E-state index contributed by atoms with van der Waals surface area (Å²) in [6.07, 6.45) is 43.7. The van der Waals surface area contributed by atoms with Gasteiger partial charge in [-0.05, 0) is 300 Å². The van der Waals surface area contributed by atoms with E-state index in [4.69, 9.17) is 0 Å². The monoisotopic (exact) mass is 1510 g/mol. The number of para-hydroxylation sites is 2. The summed E-state index contributed by atoms with van der Waals surface area (Å²) < 4.78 is 0. The highest BCUT2D eigenvalue weighted by atomic mass is 15.2. The molecule has 5 saturated heterocycles. The Labute approximate surface area is 695 Å². The molecular weight excluding hydrogens is 1320 g/mol. The van der Waals surface area contributed by atoms with Crippen molar-refractivity contribution in [2.75, 3.05) is 63.0 Å². The van der Waals surface area contributed by atoms with Gasteiger partial charge in [0.1, 0.15) is 0 Å². The highest BCUT2D eigenvalue weighted by Crippen LogP contribution is 2.36. The van der Waals surface area contributed by atoms with Crippen LogP contribution in [0.1, 0.15) is 338 Å². The molecule has 6 atom stereocenters. The summed E-state index contributed by atoms with van der Waals surface area (Å²) in [7, 11) is 30.5. The summed E-state index contributed by atoms with van der Waals surface area (Å²) in [6, 6.07) is 30.1. The minimum absolute atomic E-state index is 0.405. The molecule has 6 unspecified atom stereocenters. The van der Waals surface area contributed by atoms with Crippen LogP contribution in [-0.4, -0.2) is 281 Å². The fourth-order valence-electron chi connectivity index (χ4n) is 15.6. The third-order valence-corrected chi connectivity index (χ3v) is 26.7. The highest BCUT2D eigenvalue weighted by Gasteiger charge is 2.37. The van der Waals surface area contributed by atoms with E-state index in [2.05, 4.69) is 327 Å². The summed E-state index contributed by atoms with van der Waals surface area (Å²) in [4.78, 5) is 28.7. The molecule has 8 aliphatic rings. The molecule has 109 heavy (non-hydrogen) atoms. The van der Waals surface area contributed by atoms with Crippen molar-refractivity contribution < 1.29 is 0 Å². The fourth-order valence-corrected chi connectivity index (χ4v) is 15.6. The van der Waals surface area contributed by atoms with Crippen LogP contribution < -0.4 is 9.62 Å². The molecule has 0 radical (unpaired) electrons. The largest absolute Gasteiger partial charge is 0.424 e. The topological polar surface area (TPSA) is 38.9 Å². The first-order chi connectivity index (χ1) is 51.3. The number of rotatable bonds is 14. The number of anilines is 2. The van der Waals surface area contributed by atoms with Gasteiger partial charge in [0.15, 0.2) is 79.8 Å². The number of benzene rings is 2. The average Bonchev–Trinajstić information content (AvgIpc) is 1.03. The van der Waals surface area contributed by atoms with E-state index in [1.807, 2.05) is 39.3 Å². The van der Waals surface area contributed by atoms with Gasteiger partial charge in [-0.25, -0.2) is 0 Å². The molecule has 2 aromatic carbocycles. The zero-order valence-corrected chi connectivity index (χ0v) is 80.2. The standard InChI is InChI=1S/2C9H20BN.C8H18BN.C8H12BN.C8H20BN.3C7H16BN.C7H10BN.C6H16BN.C5H12BN.C4H10BN/c1-8(2)6-5-7-9(3,4)11(8)10;1-8(2)11(10)9-6-4-3-5-7-9;2*1-2-10(9)8-6-4-3-5-7-8;1-5-7(3)10(9)8(4)6-2;2*1-6-4-3-5-7(2)9(6)8;2*1-9(8)7-5-3-2-4-6-7;1-5(2)8(7)6(3)4;6-7-4-2-1-3-5-7;5-6-3-1-2-4-6/h5-7,10H2,1-4H3;8-9H,3-7,10H2,1-2H3;8H,2-7,9H2,1H3;3-7H,2,9H2,1H3;7-8H,5-6,9H2,1-4H3;2*6-7H,3-5,8H2,1-2H3;7H,2-6,8H2,1H3;2-6H,8H2,1H3;5-6H,7H2,1-4H3;1-6H2;1-5H2. The van der Waals surface area contributed by atoms with Gasteiger partial charge < -0.3 is 57.7 Å². The SMILES string of the molecule is BN(C(C)C)C(C)C.BN(C(C)C)C1CCCCC1.BN(C(C)CC)C(C)CC.BN(C)C1CCCCC1.BN(C)c1ccccc1.BN(CC)C1CCCCC1.BN(CC)c1ccccc1.BN1C(C)(C)CCCC1(C)C.BN1C(C)CCCC1C.BN1C(C)CCCC1C.BN1CCCC1.BN1CCCCC1. The molecule has 3 aliphatic carbocycles. The number of hydrogen-bond donors (Lipinski definition) is 0. The van der Waals surface area contributed by atoms with Crippen molar-refractivity contribution in [1.82, 2.24) is 48.1 Å². The van der Waals surface area contributed by atoms with E-state index < -0.39 is 0 Å². The Bertz CT molecular complexity index is 2230.